The fourth-order valence-electron chi connectivity index (χ4n) is 3.51. The molecule has 1 fully saturated rings. The van der Waals surface area contributed by atoms with Gasteiger partial charge in [-0.3, -0.25) is 0 Å². The van der Waals surface area contributed by atoms with E-state index in [2.05, 4.69) is 51.3 Å². The Kier molecular flexibility index (Phi) is 4.59. The highest BCUT2D eigenvalue weighted by molar-refractivity contribution is 5.66. The lowest BCUT2D eigenvalue weighted by Crippen LogP contribution is -2.42. The van der Waals surface area contributed by atoms with E-state index in [0.29, 0.717) is 6.04 Å². The van der Waals surface area contributed by atoms with Crippen LogP contribution in [0.5, 0.6) is 0 Å². The van der Waals surface area contributed by atoms with Crippen molar-refractivity contribution >= 4 is 5.57 Å². The monoisotopic (exact) mass is 282 g/mol. The Morgan fingerprint density at radius 2 is 1.86 bits per heavy atom. The molecule has 0 N–H and O–H groups in total. The highest BCUT2D eigenvalue weighted by Crippen LogP contribution is 2.30. The maximum Gasteiger partial charge on any atom is 0.0398 e. The van der Waals surface area contributed by atoms with Gasteiger partial charge in [-0.2, -0.15) is 0 Å². The second-order valence-corrected chi connectivity index (χ2v) is 6.00. The van der Waals surface area contributed by atoms with Crippen LogP contribution in [0.2, 0.25) is 0 Å². The highest BCUT2D eigenvalue weighted by Gasteiger charge is 2.25. The van der Waals surface area contributed by atoms with Crippen LogP contribution >= 0.6 is 0 Å². The average molecular weight is 282 g/mol. The second-order valence-electron chi connectivity index (χ2n) is 6.00. The topological polar surface area (TPSA) is 52.0 Å². The minimum atomic E-state index is 0.213. The van der Waals surface area contributed by atoms with E-state index in [1.807, 2.05) is 0 Å². The summed E-state index contributed by atoms with van der Waals surface area (Å²) in [6.45, 7) is 2.14. The molecular formula is C17H22N4. The Bertz CT molecular complexity index is 537. The summed E-state index contributed by atoms with van der Waals surface area (Å²) in [5.74, 6) is 0. The largest absolute Gasteiger partial charge is 0.300 e. The van der Waals surface area contributed by atoms with Crippen molar-refractivity contribution in [1.29, 1.82) is 0 Å². The van der Waals surface area contributed by atoms with Crippen molar-refractivity contribution in [1.82, 2.24) is 4.90 Å². The van der Waals surface area contributed by atoms with Gasteiger partial charge in [0.25, 0.3) is 0 Å². The number of piperidine rings is 1. The van der Waals surface area contributed by atoms with Gasteiger partial charge in [0.15, 0.2) is 0 Å². The Hall–Kier alpha value is -1.77. The summed E-state index contributed by atoms with van der Waals surface area (Å²) in [6, 6.07) is 11.6. The van der Waals surface area contributed by atoms with Gasteiger partial charge in [0.2, 0.25) is 0 Å². The number of likely N-dealkylation sites (tertiary alicyclic amines) is 1. The molecule has 0 bridgehead atoms. The van der Waals surface area contributed by atoms with Gasteiger partial charge >= 0.3 is 0 Å². The summed E-state index contributed by atoms with van der Waals surface area (Å²) in [5.41, 5.74) is 11.4. The summed E-state index contributed by atoms with van der Waals surface area (Å²) in [6.07, 6.45) is 8.00. The lowest BCUT2D eigenvalue weighted by Gasteiger charge is -2.38. The van der Waals surface area contributed by atoms with E-state index in [0.717, 1.165) is 32.4 Å². The van der Waals surface area contributed by atoms with Crippen molar-refractivity contribution in [3.05, 3.63) is 52.4 Å². The summed E-state index contributed by atoms with van der Waals surface area (Å²) in [5, 5.41) is 3.86. The van der Waals surface area contributed by atoms with Crippen LogP contribution in [0.15, 0.2) is 41.5 Å². The number of hydrogen-bond acceptors (Lipinski definition) is 2. The zero-order valence-corrected chi connectivity index (χ0v) is 12.4. The zero-order chi connectivity index (χ0) is 14.5. The first-order valence-corrected chi connectivity index (χ1v) is 7.89. The summed E-state index contributed by atoms with van der Waals surface area (Å²) in [4.78, 5) is 5.52. The SMILES string of the molecule is [N-]=[N+]=NC1CCN(C2CC=C(c3ccccc3)CC2)CC1. The van der Waals surface area contributed by atoms with Crippen LogP contribution in [-0.4, -0.2) is 30.1 Å². The van der Waals surface area contributed by atoms with E-state index in [4.69, 9.17) is 5.53 Å². The standard InChI is InChI=1S/C17H22N4/c18-20-19-16-10-12-21(13-11-16)17-8-6-15(7-9-17)14-4-2-1-3-5-14/h1-6,16-17H,7-13H2. The molecule has 0 amide bonds. The molecule has 2 aliphatic rings. The van der Waals surface area contributed by atoms with Crippen molar-refractivity contribution < 1.29 is 0 Å². The molecule has 1 aliphatic carbocycles. The van der Waals surface area contributed by atoms with E-state index >= 15 is 0 Å². The zero-order valence-electron chi connectivity index (χ0n) is 12.4. The van der Waals surface area contributed by atoms with Crippen LogP contribution < -0.4 is 0 Å². The van der Waals surface area contributed by atoms with Crippen LogP contribution in [0.3, 0.4) is 0 Å². The van der Waals surface area contributed by atoms with Gasteiger partial charge < -0.3 is 4.90 Å². The molecule has 21 heavy (non-hydrogen) atoms. The minimum absolute atomic E-state index is 0.213. The first kappa shape index (κ1) is 14.2. The summed E-state index contributed by atoms with van der Waals surface area (Å²) in [7, 11) is 0. The molecule has 1 aromatic carbocycles. The van der Waals surface area contributed by atoms with E-state index < -0.39 is 0 Å². The van der Waals surface area contributed by atoms with Gasteiger partial charge in [-0.25, -0.2) is 0 Å². The van der Waals surface area contributed by atoms with Gasteiger partial charge in [-0.05, 0) is 61.9 Å². The normalized spacial score (nSPS) is 24.2. The number of hydrogen-bond donors (Lipinski definition) is 0. The number of benzene rings is 1. The molecule has 1 saturated heterocycles. The van der Waals surface area contributed by atoms with Crippen molar-refractivity contribution in [3.63, 3.8) is 0 Å². The first-order valence-electron chi connectivity index (χ1n) is 7.89. The Balaban J connectivity index is 1.56. The second kappa shape index (κ2) is 6.79. The quantitative estimate of drug-likeness (QED) is 0.460. The highest BCUT2D eigenvalue weighted by atomic mass is 15.2. The van der Waals surface area contributed by atoms with E-state index in [1.54, 1.807) is 0 Å². The molecule has 0 aromatic heterocycles. The lowest BCUT2D eigenvalue weighted by molar-refractivity contribution is 0.145. The summed E-state index contributed by atoms with van der Waals surface area (Å²) < 4.78 is 0. The van der Waals surface area contributed by atoms with Crippen molar-refractivity contribution in [2.45, 2.75) is 44.2 Å². The minimum Gasteiger partial charge on any atom is -0.300 e. The van der Waals surface area contributed by atoms with Crippen molar-refractivity contribution in [2.75, 3.05) is 13.1 Å². The third-order valence-electron chi connectivity index (χ3n) is 4.76. The van der Waals surface area contributed by atoms with Crippen LogP contribution in [-0.2, 0) is 0 Å². The maximum absolute atomic E-state index is 8.51. The first-order chi connectivity index (χ1) is 10.4. The van der Waals surface area contributed by atoms with E-state index in [1.165, 1.54) is 24.0 Å². The molecule has 4 heteroatoms. The molecule has 110 valence electrons. The molecule has 1 aromatic rings. The van der Waals surface area contributed by atoms with Gasteiger partial charge in [0, 0.05) is 17.0 Å². The Labute approximate surface area is 126 Å². The molecule has 1 heterocycles. The van der Waals surface area contributed by atoms with Crippen LogP contribution in [0, 0.1) is 0 Å². The molecule has 0 spiro atoms. The Morgan fingerprint density at radius 1 is 1.10 bits per heavy atom. The predicted molar refractivity (Wildman–Crippen MR) is 85.8 cm³/mol. The average Bonchev–Trinajstić information content (AvgIpc) is 2.57. The third kappa shape index (κ3) is 3.46. The van der Waals surface area contributed by atoms with Crippen LogP contribution in [0.4, 0.5) is 0 Å². The molecule has 1 unspecified atom stereocenters. The fraction of sp³-hybridized carbons (Fsp3) is 0.529. The van der Waals surface area contributed by atoms with E-state index in [9.17, 15) is 0 Å². The van der Waals surface area contributed by atoms with Crippen LogP contribution in [0.1, 0.15) is 37.7 Å². The molecule has 1 atom stereocenters. The Morgan fingerprint density at radius 3 is 2.48 bits per heavy atom. The molecule has 0 saturated carbocycles. The van der Waals surface area contributed by atoms with Gasteiger partial charge in [-0.1, -0.05) is 41.5 Å². The third-order valence-corrected chi connectivity index (χ3v) is 4.76. The number of nitrogens with zero attached hydrogens (tertiary/aromatic N) is 4. The maximum atomic E-state index is 8.51. The predicted octanol–water partition coefficient (Wildman–Crippen LogP) is 4.40. The molecule has 0 radical (unpaired) electrons. The molecule has 4 nitrogen and oxygen atoms in total. The van der Waals surface area contributed by atoms with Gasteiger partial charge in [0.1, 0.15) is 0 Å². The smallest absolute Gasteiger partial charge is 0.0398 e. The number of azide groups is 1. The summed E-state index contributed by atoms with van der Waals surface area (Å²) >= 11 is 0. The lowest BCUT2D eigenvalue weighted by atomic mass is 9.89. The van der Waals surface area contributed by atoms with Crippen molar-refractivity contribution in [3.8, 4) is 0 Å². The van der Waals surface area contributed by atoms with Gasteiger partial charge in [-0.15, -0.1) is 0 Å². The molecule has 1 aliphatic heterocycles. The van der Waals surface area contributed by atoms with Gasteiger partial charge in [0.05, 0.1) is 0 Å². The van der Waals surface area contributed by atoms with E-state index in [-0.39, 0.29) is 6.04 Å². The molecular weight excluding hydrogens is 260 g/mol. The van der Waals surface area contributed by atoms with Crippen LogP contribution in [0.25, 0.3) is 16.0 Å². The number of rotatable bonds is 3. The molecule has 3 rings (SSSR count). The fourth-order valence-corrected chi connectivity index (χ4v) is 3.51. The number of allylic oxidation sites excluding steroid dienone is 1. The van der Waals surface area contributed by atoms with Crippen molar-refractivity contribution in [2.24, 2.45) is 5.11 Å².